The van der Waals surface area contributed by atoms with Crippen molar-refractivity contribution in [2.24, 2.45) is 0 Å². The molecule has 0 radical (unpaired) electrons. The van der Waals surface area contributed by atoms with E-state index in [2.05, 4.69) is 19.1 Å². The SMILES string of the molecule is Cc1ccc(-c2nc3ccc(C)cn3c2CC(=O)OCc2ccccc2)cc1. The molecule has 0 aliphatic carbocycles. The summed E-state index contributed by atoms with van der Waals surface area (Å²) in [6.45, 7) is 4.36. The fourth-order valence-electron chi connectivity index (χ4n) is 3.24. The van der Waals surface area contributed by atoms with Gasteiger partial charge in [-0.3, -0.25) is 4.79 Å². The van der Waals surface area contributed by atoms with Crippen molar-refractivity contribution in [3.05, 3.63) is 95.3 Å². The first-order valence-corrected chi connectivity index (χ1v) is 9.34. The highest BCUT2D eigenvalue weighted by Gasteiger charge is 2.18. The smallest absolute Gasteiger partial charge is 0.312 e. The lowest BCUT2D eigenvalue weighted by Gasteiger charge is -2.08. The Bertz CT molecular complexity index is 1110. The summed E-state index contributed by atoms with van der Waals surface area (Å²) in [6, 6.07) is 21.9. The minimum Gasteiger partial charge on any atom is -0.461 e. The summed E-state index contributed by atoms with van der Waals surface area (Å²) >= 11 is 0. The fourth-order valence-corrected chi connectivity index (χ4v) is 3.24. The number of carbonyl (C=O) groups excluding carboxylic acids is 1. The Morgan fingerprint density at radius 2 is 1.64 bits per heavy atom. The summed E-state index contributed by atoms with van der Waals surface area (Å²) in [4.78, 5) is 17.4. The van der Waals surface area contributed by atoms with Crippen LogP contribution in [-0.2, 0) is 22.6 Å². The molecule has 0 aliphatic heterocycles. The number of carbonyl (C=O) groups is 1. The number of imidazole rings is 1. The average Bonchev–Trinajstić information content (AvgIpc) is 3.05. The summed E-state index contributed by atoms with van der Waals surface area (Å²) in [7, 11) is 0. The number of aromatic nitrogens is 2. The van der Waals surface area contributed by atoms with Gasteiger partial charge >= 0.3 is 5.97 Å². The average molecular weight is 370 g/mol. The second-order valence-corrected chi connectivity index (χ2v) is 7.03. The molecule has 0 spiro atoms. The monoisotopic (exact) mass is 370 g/mol. The standard InChI is InChI=1S/C24H22N2O2/c1-17-8-11-20(12-9-17)24-21(26-15-18(2)10-13-22(26)25-24)14-23(27)28-16-19-6-4-3-5-7-19/h3-13,15H,14,16H2,1-2H3. The van der Waals surface area contributed by atoms with Crippen LogP contribution >= 0.6 is 0 Å². The van der Waals surface area contributed by atoms with E-state index < -0.39 is 0 Å². The van der Waals surface area contributed by atoms with E-state index in [9.17, 15) is 4.79 Å². The van der Waals surface area contributed by atoms with Crippen molar-refractivity contribution in [1.82, 2.24) is 9.38 Å². The second-order valence-electron chi connectivity index (χ2n) is 7.03. The number of fused-ring (bicyclic) bond motifs is 1. The molecule has 28 heavy (non-hydrogen) atoms. The highest BCUT2D eigenvalue weighted by molar-refractivity contribution is 5.77. The van der Waals surface area contributed by atoms with Gasteiger partial charge in [0.05, 0.1) is 17.8 Å². The van der Waals surface area contributed by atoms with E-state index in [1.165, 1.54) is 5.56 Å². The fraction of sp³-hybridized carbons (Fsp3) is 0.167. The number of esters is 1. The number of rotatable bonds is 5. The Balaban J connectivity index is 1.66. The van der Waals surface area contributed by atoms with E-state index in [0.717, 1.165) is 33.7 Å². The number of ether oxygens (including phenoxy) is 1. The molecule has 4 heteroatoms. The molecular formula is C24H22N2O2. The van der Waals surface area contributed by atoms with E-state index in [0.29, 0.717) is 0 Å². The predicted octanol–water partition coefficient (Wildman–Crippen LogP) is 4.90. The zero-order valence-corrected chi connectivity index (χ0v) is 16.1. The maximum atomic E-state index is 12.6. The van der Waals surface area contributed by atoms with Gasteiger partial charge in [0.1, 0.15) is 12.3 Å². The van der Waals surface area contributed by atoms with Gasteiger partial charge in [-0.15, -0.1) is 0 Å². The van der Waals surface area contributed by atoms with Crippen molar-refractivity contribution < 1.29 is 9.53 Å². The van der Waals surface area contributed by atoms with Gasteiger partial charge in [-0.2, -0.15) is 0 Å². The maximum absolute atomic E-state index is 12.6. The molecule has 0 saturated heterocycles. The van der Waals surface area contributed by atoms with Gasteiger partial charge in [-0.25, -0.2) is 4.98 Å². The van der Waals surface area contributed by atoms with E-state index in [-0.39, 0.29) is 19.0 Å². The molecule has 2 aromatic carbocycles. The minimum atomic E-state index is -0.263. The van der Waals surface area contributed by atoms with Gasteiger partial charge in [-0.1, -0.05) is 66.2 Å². The Morgan fingerprint density at radius 1 is 0.929 bits per heavy atom. The molecule has 0 unspecified atom stereocenters. The van der Waals surface area contributed by atoms with Crippen molar-refractivity contribution >= 4 is 11.6 Å². The summed E-state index contributed by atoms with van der Waals surface area (Å²) in [6.07, 6.45) is 2.18. The number of hydrogen-bond donors (Lipinski definition) is 0. The molecular weight excluding hydrogens is 348 g/mol. The van der Waals surface area contributed by atoms with E-state index >= 15 is 0 Å². The zero-order chi connectivity index (χ0) is 19.5. The Kier molecular flexibility index (Phi) is 4.94. The van der Waals surface area contributed by atoms with Crippen LogP contribution in [0.2, 0.25) is 0 Å². The largest absolute Gasteiger partial charge is 0.461 e. The summed E-state index contributed by atoms with van der Waals surface area (Å²) in [5.41, 5.74) is 6.77. The number of pyridine rings is 1. The lowest BCUT2D eigenvalue weighted by atomic mass is 10.1. The molecule has 4 rings (SSSR count). The number of hydrogen-bond acceptors (Lipinski definition) is 3. The van der Waals surface area contributed by atoms with E-state index in [4.69, 9.17) is 9.72 Å². The molecule has 0 N–H and O–H groups in total. The molecule has 2 heterocycles. The van der Waals surface area contributed by atoms with Crippen LogP contribution in [0.3, 0.4) is 0 Å². The molecule has 0 bridgehead atoms. The molecule has 0 aliphatic rings. The summed E-state index contributed by atoms with van der Waals surface area (Å²) in [5.74, 6) is -0.263. The van der Waals surface area contributed by atoms with Crippen LogP contribution in [0, 0.1) is 13.8 Å². The molecule has 0 amide bonds. The third kappa shape index (κ3) is 3.81. The first-order valence-electron chi connectivity index (χ1n) is 9.34. The third-order valence-electron chi connectivity index (χ3n) is 4.74. The van der Waals surface area contributed by atoms with Crippen LogP contribution in [-0.4, -0.2) is 15.4 Å². The summed E-state index contributed by atoms with van der Waals surface area (Å²) < 4.78 is 7.50. The first kappa shape index (κ1) is 18.0. The van der Waals surface area contributed by atoms with Gasteiger partial charge in [0.25, 0.3) is 0 Å². The van der Waals surface area contributed by atoms with Crippen LogP contribution in [0.1, 0.15) is 22.4 Å². The highest BCUT2D eigenvalue weighted by Crippen LogP contribution is 2.26. The van der Waals surface area contributed by atoms with Crippen LogP contribution in [0.25, 0.3) is 16.9 Å². The highest BCUT2D eigenvalue weighted by atomic mass is 16.5. The quantitative estimate of drug-likeness (QED) is 0.469. The van der Waals surface area contributed by atoms with Crippen molar-refractivity contribution in [1.29, 1.82) is 0 Å². The Hall–Kier alpha value is -3.40. The zero-order valence-electron chi connectivity index (χ0n) is 16.1. The molecule has 4 nitrogen and oxygen atoms in total. The third-order valence-corrected chi connectivity index (χ3v) is 4.74. The number of nitrogens with zero attached hydrogens (tertiary/aromatic N) is 2. The maximum Gasteiger partial charge on any atom is 0.312 e. The Labute approximate surface area is 164 Å². The molecule has 0 atom stereocenters. The molecule has 4 aromatic rings. The normalized spacial score (nSPS) is 10.9. The molecule has 0 saturated carbocycles. The van der Waals surface area contributed by atoms with Gasteiger partial charge in [-0.05, 0) is 31.0 Å². The Morgan fingerprint density at radius 3 is 2.39 bits per heavy atom. The van der Waals surface area contributed by atoms with Crippen LogP contribution in [0.5, 0.6) is 0 Å². The minimum absolute atomic E-state index is 0.167. The topological polar surface area (TPSA) is 43.6 Å². The van der Waals surface area contributed by atoms with Gasteiger partial charge < -0.3 is 9.14 Å². The lowest BCUT2D eigenvalue weighted by Crippen LogP contribution is -2.10. The molecule has 2 aromatic heterocycles. The van der Waals surface area contributed by atoms with Gasteiger partial charge in [0.2, 0.25) is 0 Å². The van der Waals surface area contributed by atoms with Crippen LogP contribution in [0.4, 0.5) is 0 Å². The molecule has 140 valence electrons. The van der Waals surface area contributed by atoms with Crippen molar-refractivity contribution in [2.45, 2.75) is 26.9 Å². The van der Waals surface area contributed by atoms with E-state index in [1.807, 2.05) is 72.1 Å². The number of aryl methyl sites for hydroxylation is 2. The van der Waals surface area contributed by atoms with Crippen molar-refractivity contribution in [3.63, 3.8) is 0 Å². The first-order chi connectivity index (χ1) is 13.6. The van der Waals surface area contributed by atoms with Gasteiger partial charge in [0.15, 0.2) is 0 Å². The second kappa shape index (κ2) is 7.69. The lowest BCUT2D eigenvalue weighted by molar-refractivity contribution is -0.144. The van der Waals surface area contributed by atoms with Crippen LogP contribution in [0.15, 0.2) is 72.9 Å². The van der Waals surface area contributed by atoms with Gasteiger partial charge in [0, 0.05) is 11.8 Å². The van der Waals surface area contributed by atoms with Crippen LogP contribution < -0.4 is 0 Å². The number of benzene rings is 2. The molecule has 0 fully saturated rings. The van der Waals surface area contributed by atoms with Crippen molar-refractivity contribution in [2.75, 3.05) is 0 Å². The predicted molar refractivity (Wildman–Crippen MR) is 110 cm³/mol. The van der Waals surface area contributed by atoms with Crippen molar-refractivity contribution in [3.8, 4) is 11.3 Å². The summed E-state index contributed by atoms with van der Waals surface area (Å²) in [5, 5.41) is 0. The van der Waals surface area contributed by atoms with E-state index in [1.54, 1.807) is 0 Å².